The van der Waals surface area contributed by atoms with E-state index in [-0.39, 0.29) is 30.0 Å². The number of alkyl halides is 2. The molecule has 0 bridgehead atoms. The van der Waals surface area contributed by atoms with E-state index in [0.717, 1.165) is 6.20 Å². The molecule has 0 aliphatic rings. The van der Waals surface area contributed by atoms with Crippen LogP contribution in [0.2, 0.25) is 0 Å². The summed E-state index contributed by atoms with van der Waals surface area (Å²) in [5.74, 6) is -0.712. The minimum absolute atomic E-state index is 0.0168. The lowest BCUT2D eigenvalue weighted by atomic mass is 10.2. The molecule has 2 rings (SSSR count). The van der Waals surface area contributed by atoms with E-state index in [1.54, 1.807) is 6.07 Å². The highest BCUT2D eigenvalue weighted by atomic mass is 32.2. The van der Waals surface area contributed by atoms with Gasteiger partial charge in [0.05, 0.1) is 23.6 Å². The van der Waals surface area contributed by atoms with Crippen molar-refractivity contribution in [3.63, 3.8) is 0 Å². The standard InChI is InChI=1S/C14H16F3N3O2S/c1-20-9-12(14(16)17)13(19-20)8-18-23(21,22)6-5-10-3-2-4-11(15)7-10/h2-4,7,9,14,18H,5-6,8H2,1H3. The fourth-order valence-corrected chi connectivity index (χ4v) is 3.07. The van der Waals surface area contributed by atoms with E-state index in [1.165, 1.54) is 29.9 Å². The Kier molecular flexibility index (Phi) is 5.42. The van der Waals surface area contributed by atoms with Gasteiger partial charge in [-0.15, -0.1) is 0 Å². The summed E-state index contributed by atoms with van der Waals surface area (Å²) in [4.78, 5) is 0. The Labute approximate surface area is 132 Å². The van der Waals surface area contributed by atoms with Crippen LogP contribution in [0.4, 0.5) is 13.2 Å². The van der Waals surface area contributed by atoms with E-state index in [1.807, 2.05) is 0 Å². The first kappa shape index (κ1) is 17.5. The molecule has 2 aromatic rings. The van der Waals surface area contributed by atoms with Gasteiger partial charge in [-0.3, -0.25) is 4.68 Å². The SMILES string of the molecule is Cn1cc(C(F)F)c(CNS(=O)(=O)CCc2cccc(F)c2)n1. The molecule has 0 saturated heterocycles. The van der Waals surface area contributed by atoms with Crippen LogP contribution in [0.5, 0.6) is 0 Å². The van der Waals surface area contributed by atoms with E-state index >= 15 is 0 Å². The largest absolute Gasteiger partial charge is 0.275 e. The first-order valence-electron chi connectivity index (χ1n) is 6.79. The highest BCUT2D eigenvalue weighted by Gasteiger charge is 2.19. The van der Waals surface area contributed by atoms with Crippen LogP contribution in [0.1, 0.15) is 23.2 Å². The van der Waals surface area contributed by atoms with Crippen molar-refractivity contribution in [2.75, 3.05) is 5.75 Å². The molecule has 0 atom stereocenters. The smallest absolute Gasteiger partial charge is 0.267 e. The second-order valence-electron chi connectivity index (χ2n) is 5.03. The number of rotatable bonds is 7. The maximum Gasteiger partial charge on any atom is 0.267 e. The maximum atomic E-state index is 13.0. The minimum Gasteiger partial charge on any atom is -0.275 e. The summed E-state index contributed by atoms with van der Waals surface area (Å²) in [5, 5.41) is 3.82. The van der Waals surface area contributed by atoms with Gasteiger partial charge in [-0.25, -0.2) is 26.3 Å². The first-order valence-corrected chi connectivity index (χ1v) is 8.44. The summed E-state index contributed by atoms with van der Waals surface area (Å²) >= 11 is 0. The van der Waals surface area contributed by atoms with Crippen molar-refractivity contribution in [1.82, 2.24) is 14.5 Å². The molecular weight excluding hydrogens is 331 g/mol. The van der Waals surface area contributed by atoms with E-state index in [9.17, 15) is 21.6 Å². The molecule has 0 aliphatic heterocycles. The van der Waals surface area contributed by atoms with Gasteiger partial charge in [0.2, 0.25) is 10.0 Å². The minimum atomic E-state index is -3.69. The Hall–Kier alpha value is -1.87. The van der Waals surface area contributed by atoms with Gasteiger partial charge in [-0.2, -0.15) is 5.10 Å². The lowest BCUT2D eigenvalue weighted by Gasteiger charge is -2.07. The third-order valence-electron chi connectivity index (χ3n) is 3.18. The zero-order valence-corrected chi connectivity index (χ0v) is 13.2. The molecule has 0 spiro atoms. The molecule has 1 heterocycles. The van der Waals surface area contributed by atoms with Gasteiger partial charge >= 0.3 is 0 Å². The summed E-state index contributed by atoms with van der Waals surface area (Å²) in [6, 6.07) is 5.63. The van der Waals surface area contributed by atoms with Crippen LogP contribution in [-0.2, 0) is 30.0 Å². The molecule has 0 radical (unpaired) electrons. The Morgan fingerprint density at radius 1 is 1.35 bits per heavy atom. The van der Waals surface area contributed by atoms with E-state index < -0.39 is 22.3 Å². The van der Waals surface area contributed by atoms with E-state index in [2.05, 4.69) is 9.82 Å². The quantitative estimate of drug-likeness (QED) is 0.835. The average Bonchev–Trinajstić information content (AvgIpc) is 2.85. The van der Waals surface area contributed by atoms with Crippen molar-refractivity contribution in [2.24, 2.45) is 7.05 Å². The van der Waals surface area contributed by atoms with Crippen LogP contribution in [0.25, 0.3) is 0 Å². The second-order valence-corrected chi connectivity index (χ2v) is 6.95. The molecule has 0 saturated carbocycles. The Morgan fingerprint density at radius 3 is 2.74 bits per heavy atom. The Balaban J connectivity index is 1.96. The molecule has 0 amide bonds. The van der Waals surface area contributed by atoms with Crippen molar-refractivity contribution >= 4 is 10.0 Å². The van der Waals surface area contributed by atoms with Crippen molar-refractivity contribution in [3.05, 3.63) is 53.1 Å². The number of aryl methyl sites for hydroxylation is 2. The van der Waals surface area contributed by atoms with Crippen LogP contribution in [0.15, 0.2) is 30.5 Å². The topological polar surface area (TPSA) is 64.0 Å². The average molecular weight is 347 g/mol. The number of sulfonamides is 1. The summed E-state index contributed by atoms with van der Waals surface area (Å²) in [6.45, 7) is -0.313. The summed E-state index contributed by atoms with van der Waals surface area (Å²) in [6.07, 6.45) is -1.45. The van der Waals surface area contributed by atoms with Gasteiger partial charge in [0.25, 0.3) is 6.43 Å². The molecule has 0 unspecified atom stereocenters. The van der Waals surface area contributed by atoms with Crippen molar-refractivity contribution in [2.45, 2.75) is 19.4 Å². The first-order chi connectivity index (χ1) is 10.8. The summed E-state index contributed by atoms with van der Waals surface area (Å²) in [5.41, 5.74) is 0.221. The fraction of sp³-hybridized carbons (Fsp3) is 0.357. The van der Waals surface area contributed by atoms with Gasteiger partial charge in [0.1, 0.15) is 5.82 Å². The monoisotopic (exact) mass is 347 g/mol. The number of hydrogen-bond donors (Lipinski definition) is 1. The molecule has 0 aliphatic carbocycles. The third kappa shape index (κ3) is 5.07. The van der Waals surface area contributed by atoms with E-state index in [4.69, 9.17) is 0 Å². The van der Waals surface area contributed by atoms with Crippen molar-refractivity contribution in [3.8, 4) is 0 Å². The molecule has 1 aromatic carbocycles. The van der Waals surface area contributed by atoms with Gasteiger partial charge in [0.15, 0.2) is 0 Å². The van der Waals surface area contributed by atoms with Crippen molar-refractivity contribution in [1.29, 1.82) is 0 Å². The van der Waals surface area contributed by atoms with Gasteiger partial charge in [-0.1, -0.05) is 12.1 Å². The highest BCUT2D eigenvalue weighted by molar-refractivity contribution is 7.89. The number of halogens is 3. The Bertz CT molecular complexity index is 775. The normalized spacial score (nSPS) is 12.0. The van der Waals surface area contributed by atoms with Crippen LogP contribution >= 0.6 is 0 Å². The molecule has 126 valence electrons. The number of hydrogen-bond acceptors (Lipinski definition) is 3. The number of benzene rings is 1. The summed E-state index contributed by atoms with van der Waals surface area (Å²) in [7, 11) is -2.21. The second kappa shape index (κ2) is 7.14. The lowest BCUT2D eigenvalue weighted by Crippen LogP contribution is -2.27. The van der Waals surface area contributed by atoms with Gasteiger partial charge in [0, 0.05) is 13.2 Å². The molecule has 1 aromatic heterocycles. The zero-order chi connectivity index (χ0) is 17.0. The summed E-state index contributed by atoms with van der Waals surface area (Å²) < 4.78 is 65.9. The maximum absolute atomic E-state index is 13.0. The molecule has 23 heavy (non-hydrogen) atoms. The number of aromatic nitrogens is 2. The van der Waals surface area contributed by atoms with Crippen molar-refractivity contribution < 1.29 is 21.6 Å². The predicted octanol–water partition coefficient (Wildman–Crippen LogP) is 2.16. The predicted molar refractivity (Wildman–Crippen MR) is 78.9 cm³/mol. The van der Waals surface area contributed by atoms with Crippen LogP contribution in [-0.4, -0.2) is 24.0 Å². The zero-order valence-electron chi connectivity index (χ0n) is 12.3. The number of nitrogens with one attached hydrogen (secondary N) is 1. The Morgan fingerprint density at radius 2 is 2.09 bits per heavy atom. The number of nitrogens with zero attached hydrogens (tertiary/aromatic N) is 2. The molecule has 1 N–H and O–H groups in total. The van der Waals surface area contributed by atoms with Gasteiger partial charge < -0.3 is 0 Å². The van der Waals surface area contributed by atoms with Gasteiger partial charge in [-0.05, 0) is 24.1 Å². The highest BCUT2D eigenvalue weighted by Crippen LogP contribution is 2.21. The lowest BCUT2D eigenvalue weighted by molar-refractivity contribution is 0.150. The van der Waals surface area contributed by atoms with Crippen LogP contribution in [0.3, 0.4) is 0 Å². The molecule has 0 fully saturated rings. The third-order valence-corrected chi connectivity index (χ3v) is 4.51. The van der Waals surface area contributed by atoms with Crippen LogP contribution < -0.4 is 4.72 Å². The fourth-order valence-electron chi connectivity index (χ4n) is 2.07. The molecule has 9 heteroatoms. The molecule has 5 nitrogen and oxygen atoms in total. The van der Waals surface area contributed by atoms with Crippen LogP contribution in [0, 0.1) is 5.82 Å². The molecular formula is C14H16F3N3O2S. The van der Waals surface area contributed by atoms with E-state index in [0.29, 0.717) is 5.56 Å².